The van der Waals surface area contributed by atoms with Crippen molar-refractivity contribution in [3.8, 4) is 5.75 Å². The Balaban J connectivity index is 1.64. The van der Waals surface area contributed by atoms with E-state index in [1.165, 1.54) is 16.4 Å². The summed E-state index contributed by atoms with van der Waals surface area (Å²) in [5, 5.41) is 2.88. The minimum atomic E-state index is -4.91. The van der Waals surface area contributed by atoms with E-state index in [0.29, 0.717) is 18.5 Å². The Labute approximate surface area is 179 Å². The second-order valence-corrected chi connectivity index (χ2v) is 9.50. The summed E-state index contributed by atoms with van der Waals surface area (Å²) in [6.07, 6.45) is -4.28. The molecular formula is C21H23F3N2O4S. The standard InChI is InChI=1S/C21H23F3N2O4S/c1-14-10-15(2)12-17(11-14)25-20(27)16-6-8-26(9-7-16)31(28,29)19-5-3-4-18(13-19)30-21(22,23)24/h3-5,10-13,16H,6-9H2,1-2H3,(H,25,27). The van der Waals surface area contributed by atoms with Crippen molar-refractivity contribution in [2.24, 2.45) is 5.92 Å². The first-order valence-corrected chi connectivity index (χ1v) is 11.1. The van der Waals surface area contributed by atoms with E-state index in [4.69, 9.17) is 0 Å². The third-order valence-corrected chi connectivity index (χ3v) is 6.89. The number of hydrogen-bond acceptors (Lipinski definition) is 4. The van der Waals surface area contributed by atoms with Crippen LogP contribution < -0.4 is 10.1 Å². The number of alkyl halides is 3. The molecule has 1 aliphatic rings. The van der Waals surface area contributed by atoms with Crippen LogP contribution in [0.15, 0.2) is 47.4 Å². The number of nitrogens with zero attached hydrogens (tertiary/aromatic N) is 1. The second-order valence-electron chi connectivity index (χ2n) is 7.57. The van der Waals surface area contributed by atoms with Gasteiger partial charge in [0.15, 0.2) is 0 Å². The quantitative estimate of drug-likeness (QED) is 0.730. The maximum atomic E-state index is 12.8. The van der Waals surface area contributed by atoms with Crippen molar-refractivity contribution in [3.05, 3.63) is 53.6 Å². The van der Waals surface area contributed by atoms with Gasteiger partial charge in [-0.1, -0.05) is 12.1 Å². The summed E-state index contributed by atoms with van der Waals surface area (Å²) in [6, 6.07) is 10.0. The maximum Gasteiger partial charge on any atom is 0.573 e. The lowest BCUT2D eigenvalue weighted by molar-refractivity contribution is -0.274. The average molecular weight is 456 g/mol. The maximum absolute atomic E-state index is 12.8. The largest absolute Gasteiger partial charge is 0.573 e. The van der Waals surface area contributed by atoms with Gasteiger partial charge in [0.2, 0.25) is 15.9 Å². The molecule has 0 atom stereocenters. The number of nitrogens with one attached hydrogen (secondary N) is 1. The van der Waals surface area contributed by atoms with Gasteiger partial charge in [0.25, 0.3) is 0 Å². The summed E-state index contributed by atoms with van der Waals surface area (Å²) in [7, 11) is -4.01. The van der Waals surface area contributed by atoms with Crippen molar-refractivity contribution in [1.29, 1.82) is 0 Å². The predicted octanol–water partition coefficient (Wildman–Crippen LogP) is 4.24. The molecular weight excluding hydrogens is 433 g/mol. The SMILES string of the molecule is Cc1cc(C)cc(NC(=O)C2CCN(S(=O)(=O)c3cccc(OC(F)(F)F)c3)CC2)c1. The first-order valence-electron chi connectivity index (χ1n) is 9.69. The molecule has 1 amide bonds. The van der Waals surface area contributed by atoms with Crippen LogP contribution in [0.5, 0.6) is 5.75 Å². The number of anilines is 1. The first-order chi connectivity index (χ1) is 14.4. The Morgan fingerprint density at radius 2 is 1.68 bits per heavy atom. The van der Waals surface area contributed by atoms with Crippen molar-refractivity contribution in [2.45, 2.75) is 37.9 Å². The van der Waals surface area contributed by atoms with E-state index in [2.05, 4.69) is 10.1 Å². The number of benzene rings is 2. The van der Waals surface area contributed by atoms with Crippen molar-refractivity contribution < 1.29 is 31.1 Å². The molecule has 0 bridgehead atoms. The molecule has 0 aromatic heterocycles. The molecule has 10 heteroatoms. The minimum absolute atomic E-state index is 0.0949. The highest BCUT2D eigenvalue weighted by atomic mass is 32.2. The molecule has 2 aromatic rings. The topological polar surface area (TPSA) is 75.7 Å². The molecule has 0 spiro atoms. The van der Waals surface area contributed by atoms with Gasteiger partial charge in [-0.25, -0.2) is 8.42 Å². The number of rotatable bonds is 5. The van der Waals surface area contributed by atoms with E-state index in [9.17, 15) is 26.4 Å². The molecule has 1 heterocycles. The van der Waals surface area contributed by atoms with E-state index < -0.39 is 22.1 Å². The predicted molar refractivity (Wildman–Crippen MR) is 109 cm³/mol. The van der Waals surface area contributed by atoms with Gasteiger partial charge in [-0.2, -0.15) is 4.31 Å². The number of piperidine rings is 1. The van der Waals surface area contributed by atoms with Crippen LogP contribution in [0, 0.1) is 19.8 Å². The highest BCUT2D eigenvalue weighted by molar-refractivity contribution is 7.89. The van der Waals surface area contributed by atoms with Crippen LogP contribution in [0.4, 0.5) is 18.9 Å². The van der Waals surface area contributed by atoms with Crippen LogP contribution in [0.25, 0.3) is 0 Å². The van der Waals surface area contributed by atoms with Crippen molar-refractivity contribution >= 4 is 21.6 Å². The number of sulfonamides is 1. The van der Waals surface area contributed by atoms with Crippen LogP contribution in [0.1, 0.15) is 24.0 Å². The van der Waals surface area contributed by atoms with Gasteiger partial charge in [0.05, 0.1) is 4.90 Å². The molecule has 2 aromatic carbocycles. The number of hydrogen-bond donors (Lipinski definition) is 1. The molecule has 168 valence electrons. The van der Waals surface area contributed by atoms with E-state index in [-0.39, 0.29) is 29.8 Å². The Kier molecular flexibility index (Phi) is 6.61. The number of halogens is 3. The summed E-state index contributed by atoms with van der Waals surface area (Å²) in [5.74, 6) is -1.13. The zero-order chi connectivity index (χ0) is 22.8. The molecule has 0 aliphatic carbocycles. The van der Waals surface area contributed by atoms with Gasteiger partial charge in [-0.15, -0.1) is 13.2 Å². The van der Waals surface area contributed by atoms with E-state index in [1.54, 1.807) is 0 Å². The van der Waals surface area contributed by atoms with Crippen LogP contribution in [-0.2, 0) is 14.8 Å². The fraction of sp³-hybridized carbons (Fsp3) is 0.381. The molecule has 6 nitrogen and oxygen atoms in total. The highest BCUT2D eigenvalue weighted by Gasteiger charge is 2.34. The lowest BCUT2D eigenvalue weighted by atomic mass is 9.97. The van der Waals surface area contributed by atoms with Gasteiger partial charge in [-0.3, -0.25) is 4.79 Å². The molecule has 0 radical (unpaired) electrons. The second kappa shape index (κ2) is 8.88. The Morgan fingerprint density at radius 3 is 2.26 bits per heavy atom. The number of aryl methyl sites for hydroxylation is 2. The molecule has 1 N–H and O–H groups in total. The summed E-state index contributed by atoms with van der Waals surface area (Å²) >= 11 is 0. The molecule has 0 saturated carbocycles. The lowest BCUT2D eigenvalue weighted by Gasteiger charge is -2.30. The molecule has 0 unspecified atom stereocenters. The lowest BCUT2D eigenvalue weighted by Crippen LogP contribution is -2.41. The Bertz CT molecular complexity index is 1040. The molecule has 31 heavy (non-hydrogen) atoms. The summed E-state index contributed by atoms with van der Waals surface area (Å²) in [6.45, 7) is 4.05. The third-order valence-electron chi connectivity index (χ3n) is 4.99. The van der Waals surface area contributed by atoms with Crippen LogP contribution in [-0.4, -0.2) is 38.1 Å². The zero-order valence-electron chi connectivity index (χ0n) is 17.1. The summed E-state index contributed by atoms with van der Waals surface area (Å²) < 4.78 is 67.9. The van der Waals surface area contributed by atoms with E-state index in [0.717, 1.165) is 23.3 Å². The number of ether oxygens (including phenoxy) is 1. The Hall–Kier alpha value is -2.59. The van der Waals surface area contributed by atoms with E-state index >= 15 is 0 Å². The van der Waals surface area contributed by atoms with Crippen LogP contribution in [0.3, 0.4) is 0 Å². The monoisotopic (exact) mass is 456 g/mol. The number of carbonyl (C=O) groups excluding carboxylic acids is 1. The third kappa shape index (κ3) is 5.98. The highest BCUT2D eigenvalue weighted by Crippen LogP contribution is 2.29. The minimum Gasteiger partial charge on any atom is -0.406 e. The first kappa shape index (κ1) is 23.1. The van der Waals surface area contributed by atoms with Crippen molar-refractivity contribution in [1.82, 2.24) is 4.31 Å². The molecule has 1 aliphatic heterocycles. The average Bonchev–Trinajstić information content (AvgIpc) is 2.66. The van der Waals surface area contributed by atoms with Crippen LogP contribution in [0.2, 0.25) is 0 Å². The van der Waals surface area contributed by atoms with Crippen molar-refractivity contribution in [2.75, 3.05) is 18.4 Å². The van der Waals surface area contributed by atoms with E-state index in [1.807, 2.05) is 32.0 Å². The van der Waals surface area contributed by atoms with Gasteiger partial charge in [0.1, 0.15) is 5.75 Å². The fourth-order valence-corrected chi connectivity index (χ4v) is 5.14. The smallest absolute Gasteiger partial charge is 0.406 e. The number of carbonyl (C=O) groups is 1. The van der Waals surface area contributed by atoms with Crippen molar-refractivity contribution in [3.63, 3.8) is 0 Å². The molecule has 1 fully saturated rings. The van der Waals surface area contributed by atoms with Gasteiger partial charge < -0.3 is 10.1 Å². The zero-order valence-corrected chi connectivity index (χ0v) is 17.9. The Morgan fingerprint density at radius 1 is 1.06 bits per heavy atom. The van der Waals surface area contributed by atoms with Gasteiger partial charge in [-0.05, 0) is 62.1 Å². The molecule has 1 saturated heterocycles. The normalized spacial score (nSPS) is 16.2. The number of amides is 1. The summed E-state index contributed by atoms with van der Waals surface area (Å²) in [4.78, 5) is 12.3. The summed E-state index contributed by atoms with van der Waals surface area (Å²) in [5.41, 5.74) is 2.74. The fourth-order valence-electron chi connectivity index (χ4n) is 3.63. The molecule has 3 rings (SSSR count). The van der Waals surface area contributed by atoms with Crippen LogP contribution >= 0.6 is 0 Å². The van der Waals surface area contributed by atoms with Gasteiger partial charge in [0, 0.05) is 30.8 Å². The van der Waals surface area contributed by atoms with Gasteiger partial charge >= 0.3 is 6.36 Å².